The Hall–Kier alpha value is -4.52. The maximum absolute atomic E-state index is 14.4. The number of rotatable bonds is 9. The molecule has 2 heterocycles. The van der Waals surface area contributed by atoms with E-state index >= 15 is 0 Å². The number of carbonyl (C=O) groups excluding carboxylic acids is 2. The fraction of sp³-hybridized carbons (Fsp3) is 0.474. The Labute approximate surface area is 294 Å². The van der Waals surface area contributed by atoms with Gasteiger partial charge in [0, 0.05) is 49.6 Å². The van der Waals surface area contributed by atoms with Crippen LogP contribution < -0.4 is 29.6 Å². The van der Waals surface area contributed by atoms with Crippen LogP contribution in [0.3, 0.4) is 0 Å². The Kier molecular flexibility index (Phi) is 12.8. The molecule has 3 amide bonds. The Bertz CT molecular complexity index is 1590. The molecule has 0 saturated carbocycles. The van der Waals surface area contributed by atoms with Gasteiger partial charge in [0.15, 0.2) is 11.5 Å². The van der Waals surface area contributed by atoms with Gasteiger partial charge in [-0.1, -0.05) is 19.1 Å². The van der Waals surface area contributed by atoms with Gasteiger partial charge in [0.05, 0.1) is 37.5 Å². The fourth-order valence-corrected chi connectivity index (χ4v) is 6.15. The number of aliphatic hydroxyl groups is 1. The summed E-state index contributed by atoms with van der Waals surface area (Å²) < 4.78 is 28.9. The molecule has 2 aliphatic heterocycles. The molecule has 0 radical (unpaired) electrons. The fourth-order valence-electron chi connectivity index (χ4n) is 6.15. The first-order chi connectivity index (χ1) is 24.1. The van der Waals surface area contributed by atoms with Gasteiger partial charge in [-0.05, 0) is 88.2 Å². The van der Waals surface area contributed by atoms with E-state index in [0.29, 0.717) is 53.9 Å². The van der Waals surface area contributed by atoms with Crippen molar-refractivity contribution >= 4 is 23.3 Å². The van der Waals surface area contributed by atoms with Gasteiger partial charge in [-0.2, -0.15) is 0 Å². The summed E-state index contributed by atoms with van der Waals surface area (Å²) in [6.45, 7) is 8.14. The minimum Gasteiger partial charge on any atom is -0.497 e. The van der Waals surface area contributed by atoms with Crippen LogP contribution in [0.25, 0.3) is 0 Å². The first-order valence-corrected chi connectivity index (χ1v) is 17.3. The van der Waals surface area contributed by atoms with Crippen molar-refractivity contribution in [1.29, 1.82) is 0 Å². The second kappa shape index (κ2) is 17.4. The highest BCUT2D eigenvalue weighted by Gasteiger charge is 2.30. The number of likely N-dealkylation sites (N-methyl/N-ethyl adjacent to an activating group) is 1. The van der Waals surface area contributed by atoms with Crippen LogP contribution >= 0.6 is 0 Å². The first-order valence-electron chi connectivity index (χ1n) is 17.3. The number of carbonyl (C=O) groups is 2. The van der Waals surface area contributed by atoms with Gasteiger partial charge in [-0.3, -0.25) is 9.69 Å². The Morgan fingerprint density at radius 1 is 1.00 bits per heavy atom. The third-order valence-corrected chi connectivity index (χ3v) is 9.04. The minimum atomic E-state index is -0.487. The summed E-state index contributed by atoms with van der Waals surface area (Å²) in [5, 5.41) is 15.9. The molecule has 0 spiro atoms. The number of urea groups is 1. The van der Waals surface area contributed by atoms with Crippen molar-refractivity contribution in [2.45, 2.75) is 64.8 Å². The second-order valence-electron chi connectivity index (χ2n) is 13.2. The largest absolute Gasteiger partial charge is 0.497 e. The smallest absolute Gasteiger partial charge is 0.323 e. The summed E-state index contributed by atoms with van der Waals surface area (Å²) in [7, 11) is 3.72. The number of aliphatic hydroxyl groups excluding tert-OH is 1. The number of hydrogen-bond donors (Lipinski definition) is 3. The quantitative estimate of drug-likeness (QED) is 0.248. The zero-order chi connectivity index (χ0) is 35.6. The van der Waals surface area contributed by atoms with Gasteiger partial charge < -0.3 is 44.3 Å². The highest BCUT2D eigenvalue weighted by atomic mass is 16.7. The van der Waals surface area contributed by atoms with Gasteiger partial charge in [0.1, 0.15) is 11.5 Å². The molecule has 50 heavy (non-hydrogen) atoms. The third-order valence-electron chi connectivity index (χ3n) is 9.04. The van der Waals surface area contributed by atoms with E-state index in [4.69, 9.17) is 23.7 Å². The lowest BCUT2D eigenvalue weighted by molar-refractivity contribution is -0.0177. The number of methoxy groups -OCH3 is 1. The normalized spacial score (nSPS) is 20.3. The topological polar surface area (TPSA) is 131 Å². The molecule has 0 bridgehead atoms. The van der Waals surface area contributed by atoms with E-state index in [-0.39, 0.29) is 37.4 Å². The number of amides is 3. The van der Waals surface area contributed by atoms with Gasteiger partial charge in [0.25, 0.3) is 5.91 Å². The van der Waals surface area contributed by atoms with Crippen molar-refractivity contribution in [3.05, 3.63) is 71.8 Å². The molecule has 5 rings (SSSR count). The van der Waals surface area contributed by atoms with Crippen molar-refractivity contribution in [2.75, 3.05) is 57.9 Å². The van der Waals surface area contributed by atoms with Gasteiger partial charge in [-0.25, -0.2) is 4.79 Å². The molecule has 0 aromatic heterocycles. The summed E-state index contributed by atoms with van der Waals surface area (Å²) in [6.07, 6.45) is 2.24. The summed E-state index contributed by atoms with van der Waals surface area (Å²) in [4.78, 5) is 31.4. The molecule has 3 aromatic carbocycles. The molecule has 0 aliphatic carbocycles. The van der Waals surface area contributed by atoms with E-state index in [1.54, 1.807) is 48.4 Å². The summed E-state index contributed by atoms with van der Waals surface area (Å²) >= 11 is 0. The Morgan fingerprint density at radius 3 is 2.42 bits per heavy atom. The Morgan fingerprint density at radius 2 is 1.70 bits per heavy atom. The van der Waals surface area contributed by atoms with Crippen LogP contribution in [0.2, 0.25) is 0 Å². The maximum atomic E-state index is 14.4. The van der Waals surface area contributed by atoms with E-state index in [1.807, 2.05) is 26.0 Å². The van der Waals surface area contributed by atoms with E-state index in [0.717, 1.165) is 37.1 Å². The van der Waals surface area contributed by atoms with Crippen molar-refractivity contribution in [2.24, 2.45) is 5.92 Å². The van der Waals surface area contributed by atoms with Crippen LogP contribution in [-0.4, -0.2) is 92.3 Å². The number of hydrogen-bond acceptors (Lipinski definition) is 9. The van der Waals surface area contributed by atoms with Crippen molar-refractivity contribution in [3.8, 4) is 23.0 Å². The molecule has 12 heteroatoms. The summed E-state index contributed by atoms with van der Waals surface area (Å²) in [5.41, 5.74) is 2.41. The predicted molar refractivity (Wildman–Crippen MR) is 191 cm³/mol. The summed E-state index contributed by atoms with van der Waals surface area (Å²) in [5.74, 6) is 2.04. The Balaban J connectivity index is 1.35. The molecule has 270 valence electrons. The lowest BCUT2D eigenvalue weighted by Crippen LogP contribution is -2.47. The molecule has 12 nitrogen and oxygen atoms in total. The lowest BCUT2D eigenvalue weighted by atomic mass is 10.0. The highest BCUT2D eigenvalue weighted by molar-refractivity contribution is 6.02. The molecule has 2 aliphatic rings. The molecule has 0 unspecified atom stereocenters. The monoisotopic (exact) mass is 690 g/mol. The average molecular weight is 691 g/mol. The zero-order valence-corrected chi connectivity index (χ0v) is 29.6. The van der Waals surface area contributed by atoms with Crippen molar-refractivity contribution < 1.29 is 38.4 Å². The number of benzene rings is 3. The van der Waals surface area contributed by atoms with Gasteiger partial charge in [-0.15, -0.1) is 0 Å². The zero-order valence-electron chi connectivity index (χ0n) is 29.6. The average Bonchev–Trinajstić information content (AvgIpc) is 3.58. The van der Waals surface area contributed by atoms with Crippen molar-refractivity contribution in [3.63, 3.8) is 0 Å². The first kappa shape index (κ1) is 36.8. The van der Waals surface area contributed by atoms with Crippen LogP contribution in [0.1, 0.15) is 56.0 Å². The van der Waals surface area contributed by atoms with Crippen LogP contribution in [0.5, 0.6) is 23.0 Å². The molecule has 4 atom stereocenters. The third kappa shape index (κ3) is 9.80. The van der Waals surface area contributed by atoms with Crippen molar-refractivity contribution in [1.82, 2.24) is 9.80 Å². The highest BCUT2D eigenvalue weighted by Crippen LogP contribution is 2.34. The SMILES string of the molecule is COc1ccc(CN(C)C[C@H]2OCCCC[C@@H](C)Oc3ccc(NC(=O)Nc4ccc5c(c4)OCO5)cc3C(=O)N([C@H](C)CO)C[C@@H]2C)cc1. The maximum Gasteiger partial charge on any atom is 0.323 e. The minimum absolute atomic E-state index is 0.0636. The van der Waals surface area contributed by atoms with E-state index in [1.165, 1.54) is 0 Å². The standard InChI is InChI=1S/C38H50N4O8/c1-25-20-42(26(2)23-43)37(44)32-18-29(39-38(45)40-30-12-16-34-35(19-30)49-24-48-34)11-15-33(32)50-27(3)8-6-7-17-47-36(25)22-41(4)21-28-9-13-31(46-5)14-10-28/h9-16,18-19,25-27,36,43H,6-8,17,20-24H2,1-5H3,(H2,39,40,45)/t25-,26+,27+,36+/m0/s1. The second-order valence-corrected chi connectivity index (χ2v) is 13.2. The van der Waals surface area contributed by atoms with Crippen LogP contribution in [0.15, 0.2) is 60.7 Å². The molecular weight excluding hydrogens is 640 g/mol. The van der Waals surface area contributed by atoms with E-state index in [2.05, 4.69) is 41.6 Å². The van der Waals surface area contributed by atoms with Crippen LogP contribution in [0, 0.1) is 5.92 Å². The van der Waals surface area contributed by atoms with Gasteiger partial charge >= 0.3 is 6.03 Å². The van der Waals surface area contributed by atoms with Gasteiger partial charge in [0.2, 0.25) is 6.79 Å². The molecule has 3 N–H and O–H groups in total. The number of fused-ring (bicyclic) bond motifs is 2. The molecular formula is C38H50N4O8. The van der Waals surface area contributed by atoms with E-state index < -0.39 is 12.1 Å². The number of nitrogens with zero attached hydrogens (tertiary/aromatic N) is 2. The number of anilines is 2. The molecule has 0 saturated heterocycles. The lowest BCUT2D eigenvalue weighted by Gasteiger charge is -2.36. The number of nitrogens with one attached hydrogen (secondary N) is 2. The molecule has 0 fully saturated rings. The van der Waals surface area contributed by atoms with Crippen LogP contribution in [0.4, 0.5) is 16.2 Å². The summed E-state index contributed by atoms with van der Waals surface area (Å²) in [6, 6.07) is 17.3. The van der Waals surface area contributed by atoms with Crippen LogP contribution in [-0.2, 0) is 11.3 Å². The molecule has 3 aromatic rings. The van der Waals surface area contributed by atoms with E-state index in [9.17, 15) is 14.7 Å². The predicted octanol–water partition coefficient (Wildman–Crippen LogP) is 6.00. The number of ether oxygens (including phenoxy) is 5.